The van der Waals surface area contributed by atoms with Crippen LogP contribution in [-0.4, -0.2) is 43.1 Å². The predicted octanol–water partition coefficient (Wildman–Crippen LogP) is 1.95. The highest BCUT2D eigenvalue weighted by Gasteiger charge is 2.17. The quantitative estimate of drug-likeness (QED) is 0.542. The van der Waals surface area contributed by atoms with Gasteiger partial charge in [-0.15, -0.1) is 6.58 Å². The Bertz CT molecular complexity index is 482. The molecule has 0 bridgehead atoms. The van der Waals surface area contributed by atoms with E-state index in [4.69, 9.17) is 9.47 Å². The van der Waals surface area contributed by atoms with Crippen molar-refractivity contribution >= 4 is 11.9 Å². The third-order valence-corrected chi connectivity index (χ3v) is 2.71. The summed E-state index contributed by atoms with van der Waals surface area (Å²) in [4.78, 5) is 24.9. The lowest BCUT2D eigenvalue weighted by Crippen LogP contribution is -2.39. The van der Waals surface area contributed by atoms with E-state index in [1.807, 2.05) is 19.1 Å². The number of aryl methyl sites for hydroxylation is 1. The van der Waals surface area contributed by atoms with Crippen LogP contribution in [0.4, 0.5) is 0 Å². The summed E-state index contributed by atoms with van der Waals surface area (Å²) in [6.07, 6.45) is 1.56. The van der Waals surface area contributed by atoms with Gasteiger partial charge in [0, 0.05) is 6.54 Å². The van der Waals surface area contributed by atoms with E-state index < -0.39 is 5.97 Å². The van der Waals surface area contributed by atoms with Crippen LogP contribution in [0.15, 0.2) is 36.9 Å². The lowest BCUT2D eigenvalue weighted by atomic mass is 10.2. The van der Waals surface area contributed by atoms with Gasteiger partial charge in [-0.25, -0.2) is 0 Å². The Morgan fingerprint density at radius 3 is 2.52 bits per heavy atom. The van der Waals surface area contributed by atoms with Crippen LogP contribution in [0.25, 0.3) is 0 Å². The first-order valence-electron chi connectivity index (χ1n) is 6.80. The highest BCUT2D eigenvalue weighted by Crippen LogP contribution is 2.11. The monoisotopic (exact) mass is 291 g/mol. The van der Waals surface area contributed by atoms with Gasteiger partial charge in [0.05, 0.1) is 6.61 Å². The van der Waals surface area contributed by atoms with E-state index in [2.05, 4.69) is 6.58 Å². The van der Waals surface area contributed by atoms with Gasteiger partial charge in [0.1, 0.15) is 12.3 Å². The van der Waals surface area contributed by atoms with Crippen molar-refractivity contribution in [1.29, 1.82) is 0 Å². The molecule has 0 aliphatic rings. The summed E-state index contributed by atoms with van der Waals surface area (Å²) in [5, 5.41) is 0. The topological polar surface area (TPSA) is 55.8 Å². The summed E-state index contributed by atoms with van der Waals surface area (Å²) in [5.41, 5.74) is 1.12. The minimum Gasteiger partial charge on any atom is -0.484 e. The van der Waals surface area contributed by atoms with E-state index in [1.165, 1.54) is 4.90 Å². The lowest BCUT2D eigenvalue weighted by Gasteiger charge is -2.20. The molecule has 0 N–H and O–H groups in total. The maximum atomic E-state index is 12.1. The highest BCUT2D eigenvalue weighted by molar-refractivity contribution is 5.83. The molecule has 1 amide bonds. The molecule has 21 heavy (non-hydrogen) atoms. The maximum Gasteiger partial charge on any atom is 0.325 e. The number of ether oxygens (including phenoxy) is 2. The number of amides is 1. The minimum absolute atomic E-state index is 0.101. The van der Waals surface area contributed by atoms with Crippen molar-refractivity contribution in [3.8, 4) is 5.75 Å². The normalized spacial score (nSPS) is 9.81. The average Bonchev–Trinajstić information content (AvgIpc) is 2.46. The fraction of sp³-hybridized carbons (Fsp3) is 0.375. The van der Waals surface area contributed by atoms with Gasteiger partial charge >= 0.3 is 5.97 Å². The fourth-order valence-electron chi connectivity index (χ4n) is 1.64. The van der Waals surface area contributed by atoms with Crippen LogP contribution in [0.3, 0.4) is 0 Å². The van der Waals surface area contributed by atoms with Gasteiger partial charge in [-0.05, 0) is 26.0 Å². The highest BCUT2D eigenvalue weighted by atomic mass is 16.5. The molecule has 1 rings (SSSR count). The number of benzene rings is 1. The van der Waals surface area contributed by atoms with E-state index in [0.717, 1.165) is 5.56 Å². The number of carbonyl (C=O) groups is 2. The average molecular weight is 291 g/mol. The Balaban J connectivity index is 2.53. The SMILES string of the molecule is C=CCN(CC(=O)OCC)C(=O)COc1ccc(C)cc1. The molecule has 1 aromatic carbocycles. The van der Waals surface area contributed by atoms with E-state index in [1.54, 1.807) is 25.1 Å². The number of hydrogen-bond acceptors (Lipinski definition) is 4. The van der Waals surface area contributed by atoms with Gasteiger partial charge in [-0.2, -0.15) is 0 Å². The molecule has 0 atom stereocenters. The Hall–Kier alpha value is -2.30. The van der Waals surface area contributed by atoms with Gasteiger partial charge in [0.2, 0.25) is 0 Å². The van der Waals surface area contributed by atoms with Gasteiger partial charge in [0.25, 0.3) is 5.91 Å². The lowest BCUT2D eigenvalue weighted by molar-refractivity contribution is -0.149. The van der Waals surface area contributed by atoms with Crippen molar-refractivity contribution in [2.24, 2.45) is 0 Å². The molecule has 0 saturated heterocycles. The summed E-state index contributed by atoms with van der Waals surface area (Å²) in [6, 6.07) is 7.40. The molecule has 0 aliphatic carbocycles. The Morgan fingerprint density at radius 2 is 1.95 bits per heavy atom. The third kappa shape index (κ3) is 6.12. The summed E-state index contributed by atoms with van der Waals surface area (Å²) in [6.45, 7) is 7.60. The Morgan fingerprint density at radius 1 is 1.29 bits per heavy atom. The number of rotatable bonds is 8. The molecule has 114 valence electrons. The molecule has 0 unspecified atom stereocenters. The summed E-state index contributed by atoms with van der Waals surface area (Å²) in [5.74, 6) is -0.116. The maximum absolute atomic E-state index is 12.1. The Labute approximate surface area is 125 Å². The van der Waals surface area contributed by atoms with E-state index in [9.17, 15) is 9.59 Å². The van der Waals surface area contributed by atoms with Gasteiger partial charge in [-0.1, -0.05) is 23.8 Å². The van der Waals surface area contributed by atoms with Crippen LogP contribution in [0, 0.1) is 6.92 Å². The molecule has 0 fully saturated rings. The molecule has 0 saturated carbocycles. The summed E-state index contributed by atoms with van der Waals surface area (Å²) >= 11 is 0. The van der Waals surface area contributed by atoms with Gasteiger partial charge in [-0.3, -0.25) is 9.59 Å². The summed E-state index contributed by atoms with van der Waals surface area (Å²) in [7, 11) is 0. The third-order valence-electron chi connectivity index (χ3n) is 2.71. The number of carbonyl (C=O) groups excluding carboxylic acids is 2. The van der Waals surface area contributed by atoms with Crippen molar-refractivity contribution in [2.45, 2.75) is 13.8 Å². The zero-order valence-corrected chi connectivity index (χ0v) is 12.5. The van der Waals surface area contributed by atoms with Crippen LogP contribution in [0.5, 0.6) is 5.75 Å². The first-order chi connectivity index (χ1) is 10.1. The first-order valence-corrected chi connectivity index (χ1v) is 6.80. The molecule has 0 aromatic heterocycles. The van der Waals surface area contributed by atoms with Crippen LogP contribution in [0.2, 0.25) is 0 Å². The number of esters is 1. The van der Waals surface area contributed by atoms with Crippen molar-refractivity contribution < 1.29 is 19.1 Å². The van der Waals surface area contributed by atoms with Gasteiger partial charge < -0.3 is 14.4 Å². The molecular formula is C16H21NO4. The van der Waals surface area contributed by atoms with Crippen molar-refractivity contribution in [1.82, 2.24) is 4.90 Å². The number of nitrogens with zero attached hydrogens (tertiary/aromatic N) is 1. The van der Waals surface area contributed by atoms with Crippen LogP contribution < -0.4 is 4.74 Å². The summed E-state index contributed by atoms with van der Waals surface area (Å²) < 4.78 is 10.3. The molecule has 0 spiro atoms. The van der Waals surface area contributed by atoms with Crippen LogP contribution in [-0.2, 0) is 14.3 Å². The molecule has 0 radical (unpaired) electrons. The fourth-order valence-corrected chi connectivity index (χ4v) is 1.64. The molecule has 1 aromatic rings. The standard InChI is InChI=1S/C16H21NO4/c1-4-10-17(11-16(19)20-5-2)15(18)12-21-14-8-6-13(3)7-9-14/h4,6-9H,1,5,10-12H2,2-3H3. The van der Waals surface area contributed by atoms with Crippen molar-refractivity contribution in [3.63, 3.8) is 0 Å². The second kappa shape index (κ2) is 8.79. The zero-order chi connectivity index (χ0) is 15.7. The van der Waals surface area contributed by atoms with Gasteiger partial charge in [0.15, 0.2) is 6.61 Å². The minimum atomic E-state index is -0.442. The second-order valence-corrected chi connectivity index (χ2v) is 4.47. The Kier molecular flexibility index (Phi) is 7.01. The zero-order valence-electron chi connectivity index (χ0n) is 12.5. The van der Waals surface area contributed by atoms with E-state index >= 15 is 0 Å². The first kappa shape index (κ1) is 16.8. The molecule has 5 heteroatoms. The number of hydrogen-bond donors (Lipinski definition) is 0. The smallest absolute Gasteiger partial charge is 0.325 e. The molecule has 0 heterocycles. The second-order valence-electron chi connectivity index (χ2n) is 4.47. The largest absolute Gasteiger partial charge is 0.484 e. The molecule has 5 nitrogen and oxygen atoms in total. The van der Waals surface area contributed by atoms with E-state index in [0.29, 0.717) is 5.75 Å². The van der Waals surface area contributed by atoms with Crippen molar-refractivity contribution in [3.05, 3.63) is 42.5 Å². The van der Waals surface area contributed by atoms with Crippen molar-refractivity contribution in [2.75, 3.05) is 26.3 Å². The molecule has 0 aliphatic heterocycles. The van der Waals surface area contributed by atoms with E-state index in [-0.39, 0.29) is 32.2 Å². The van der Waals surface area contributed by atoms with Crippen LogP contribution >= 0.6 is 0 Å². The molecular weight excluding hydrogens is 270 g/mol. The van der Waals surface area contributed by atoms with Crippen LogP contribution in [0.1, 0.15) is 12.5 Å². The predicted molar refractivity (Wildman–Crippen MR) is 80.1 cm³/mol.